The summed E-state index contributed by atoms with van der Waals surface area (Å²) in [5.74, 6) is 1.24. The molecule has 0 spiro atoms. The summed E-state index contributed by atoms with van der Waals surface area (Å²) < 4.78 is 12.5. The van der Waals surface area contributed by atoms with E-state index in [4.69, 9.17) is 9.47 Å². The summed E-state index contributed by atoms with van der Waals surface area (Å²) in [7, 11) is 3.22. The highest BCUT2D eigenvalue weighted by Crippen LogP contribution is 2.24. The molecule has 1 aromatic carbocycles. The number of nitrogens with one attached hydrogen (secondary N) is 1. The van der Waals surface area contributed by atoms with Gasteiger partial charge in [0, 0.05) is 51.2 Å². The first-order valence-corrected chi connectivity index (χ1v) is 10.5. The van der Waals surface area contributed by atoms with Crippen LogP contribution in [0.2, 0.25) is 0 Å². The first-order chi connectivity index (χ1) is 15.0. The van der Waals surface area contributed by atoms with Gasteiger partial charge < -0.3 is 19.7 Å². The van der Waals surface area contributed by atoms with E-state index in [9.17, 15) is 9.59 Å². The molecule has 1 N–H and O–H groups in total. The predicted octanol–water partition coefficient (Wildman–Crippen LogP) is 1.14. The molecule has 1 aliphatic heterocycles. The number of likely N-dealkylation sites (N-methyl/N-ethyl adjacent to an activating group) is 1. The number of rotatable bonds is 10. The van der Waals surface area contributed by atoms with E-state index in [0.717, 1.165) is 5.56 Å². The van der Waals surface area contributed by atoms with Crippen LogP contribution in [0, 0.1) is 0 Å². The Bertz CT molecular complexity index is 849. The highest BCUT2D eigenvalue weighted by molar-refractivity contribution is 5.88. The van der Waals surface area contributed by atoms with Gasteiger partial charge in [-0.1, -0.05) is 0 Å². The molecule has 1 aromatic heterocycles. The number of amides is 2. The number of aromatic nitrogens is 2. The number of methoxy groups -OCH3 is 2. The molecule has 3 rings (SSSR count). The van der Waals surface area contributed by atoms with E-state index >= 15 is 0 Å². The van der Waals surface area contributed by atoms with Crippen LogP contribution in [-0.4, -0.2) is 77.8 Å². The molecule has 2 heterocycles. The Labute approximate surface area is 182 Å². The van der Waals surface area contributed by atoms with E-state index in [0.29, 0.717) is 50.8 Å². The normalized spacial score (nSPS) is 16.6. The summed E-state index contributed by atoms with van der Waals surface area (Å²) in [6.45, 7) is 5.46. The summed E-state index contributed by atoms with van der Waals surface area (Å²) in [6.07, 6.45) is 3.73. The fourth-order valence-corrected chi connectivity index (χ4v) is 3.77. The lowest BCUT2D eigenvalue weighted by Crippen LogP contribution is -2.56. The minimum absolute atomic E-state index is 0.0371. The van der Waals surface area contributed by atoms with Gasteiger partial charge in [-0.3, -0.25) is 19.2 Å². The summed E-state index contributed by atoms with van der Waals surface area (Å²) in [4.78, 5) is 29.5. The second-order valence-electron chi connectivity index (χ2n) is 7.44. The molecule has 1 atom stereocenters. The maximum atomic E-state index is 13.0. The average Bonchev–Trinajstić information content (AvgIpc) is 3.30. The molecule has 168 valence electrons. The number of nitrogens with zero attached hydrogens (tertiary/aromatic N) is 4. The first kappa shape index (κ1) is 22.6. The molecular weight excluding hydrogens is 398 g/mol. The molecule has 0 radical (unpaired) electrons. The highest BCUT2D eigenvalue weighted by atomic mass is 16.5. The van der Waals surface area contributed by atoms with Gasteiger partial charge in [-0.2, -0.15) is 5.10 Å². The fourth-order valence-electron chi connectivity index (χ4n) is 3.77. The molecular formula is C22H31N5O4. The second-order valence-corrected chi connectivity index (χ2v) is 7.44. The summed E-state index contributed by atoms with van der Waals surface area (Å²) in [6, 6.07) is 7.01. The third-order valence-electron chi connectivity index (χ3n) is 5.50. The van der Waals surface area contributed by atoms with Crippen molar-refractivity contribution in [2.45, 2.75) is 32.5 Å². The number of hydrogen-bond acceptors (Lipinski definition) is 6. The minimum Gasteiger partial charge on any atom is -0.497 e. The van der Waals surface area contributed by atoms with Crippen LogP contribution < -0.4 is 14.8 Å². The lowest BCUT2D eigenvalue weighted by atomic mass is 10.1. The molecule has 0 saturated carbocycles. The van der Waals surface area contributed by atoms with Crippen molar-refractivity contribution < 1.29 is 19.1 Å². The van der Waals surface area contributed by atoms with Crippen molar-refractivity contribution in [2.24, 2.45) is 0 Å². The standard InChI is InChI=1S/C22H31N5O4/c1-4-25(10-11-27-8-5-6-24-27)21(28)15-20-22(29)23-7-9-26(20)16-17-12-18(30-2)14-19(13-17)31-3/h5-6,8,12-14,20H,4,7,9-11,15-16H2,1-3H3,(H,23,29). The Morgan fingerprint density at radius 3 is 2.61 bits per heavy atom. The Hall–Kier alpha value is -3.07. The Kier molecular flexibility index (Phi) is 7.88. The quantitative estimate of drug-likeness (QED) is 0.609. The molecule has 0 aliphatic carbocycles. The Morgan fingerprint density at radius 2 is 2.00 bits per heavy atom. The van der Waals surface area contributed by atoms with Crippen LogP contribution in [0.3, 0.4) is 0 Å². The number of hydrogen-bond donors (Lipinski definition) is 1. The van der Waals surface area contributed by atoms with Crippen LogP contribution >= 0.6 is 0 Å². The van der Waals surface area contributed by atoms with Crippen molar-refractivity contribution in [1.29, 1.82) is 0 Å². The van der Waals surface area contributed by atoms with Crippen LogP contribution in [0.25, 0.3) is 0 Å². The van der Waals surface area contributed by atoms with Gasteiger partial charge in [-0.25, -0.2) is 0 Å². The largest absolute Gasteiger partial charge is 0.497 e. The lowest BCUT2D eigenvalue weighted by molar-refractivity contribution is -0.139. The van der Waals surface area contributed by atoms with Crippen LogP contribution in [0.1, 0.15) is 18.9 Å². The monoisotopic (exact) mass is 429 g/mol. The highest BCUT2D eigenvalue weighted by Gasteiger charge is 2.32. The van der Waals surface area contributed by atoms with Crippen molar-refractivity contribution in [3.8, 4) is 11.5 Å². The molecule has 9 heteroatoms. The Balaban J connectivity index is 1.68. The summed E-state index contributed by atoms with van der Waals surface area (Å²) in [5, 5.41) is 7.08. The maximum absolute atomic E-state index is 13.0. The zero-order chi connectivity index (χ0) is 22.2. The van der Waals surface area contributed by atoms with Gasteiger partial charge in [0.05, 0.1) is 33.2 Å². The predicted molar refractivity (Wildman–Crippen MR) is 116 cm³/mol. The van der Waals surface area contributed by atoms with Crippen molar-refractivity contribution >= 4 is 11.8 Å². The smallest absolute Gasteiger partial charge is 0.237 e. The third-order valence-corrected chi connectivity index (χ3v) is 5.50. The van der Waals surface area contributed by atoms with E-state index in [1.165, 1.54) is 0 Å². The molecule has 2 amide bonds. The lowest BCUT2D eigenvalue weighted by Gasteiger charge is -2.35. The topological polar surface area (TPSA) is 88.9 Å². The fraction of sp³-hybridized carbons (Fsp3) is 0.500. The van der Waals surface area contributed by atoms with Crippen molar-refractivity contribution in [3.63, 3.8) is 0 Å². The van der Waals surface area contributed by atoms with Crippen LogP contribution in [0.15, 0.2) is 36.7 Å². The van der Waals surface area contributed by atoms with Crippen molar-refractivity contribution in [1.82, 2.24) is 24.9 Å². The zero-order valence-corrected chi connectivity index (χ0v) is 18.4. The molecule has 2 aromatic rings. The molecule has 31 heavy (non-hydrogen) atoms. The van der Waals surface area contributed by atoms with Gasteiger partial charge in [0.1, 0.15) is 11.5 Å². The van der Waals surface area contributed by atoms with Crippen LogP contribution in [0.5, 0.6) is 11.5 Å². The van der Waals surface area contributed by atoms with Gasteiger partial charge in [0.25, 0.3) is 0 Å². The molecule has 1 unspecified atom stereocenters. The SMILES string of the molecule is CCN(CCn1cccn1)C(=O)CC1C(=O)NCCN1Cc1cc(OC)cc(OC)c1. The second kappa shape index (κ2) is 10.8. The minimum atomic E-state index is -0.516. The van der Waals surface area contributed by atoms with E-state index < -0.39 is 6.04 Å². The maximum Gasteiger partial charge on any atom is 0.237 e. The molecule has 1 fully saturated rings. The van der Waals surface area contributed by atoms with Crippen molar-refractivity contribution in [2.75, 3.05) is 40.4 Å². The van der Waals surface area contributed by atoms with E-state index in [1.807, 2.05) is 42.3 Å². The van der Waals surface area contributed by atoms with Gasteiger partial charge in [0.15, 0.2) is 0 Å². The number of carbonyl (C=O) groups excluding carboxylic acids is 2. The number of carbonyl (C=O) groups is 2. The molecule has 1 aliphatic rings. The van der Waals surface area contributed by atoms with Gasteiger partial charge in [0.2, 0.25) is 11.8 Å². The van der Waals surface area contributed by atoms with E-state index in [2.05, 4.69) is 10.4 Å². The first-order valence-electron chi connectivity index (χ1n) is 10.5. The molecule has 9 nitrogen and oxygen atoms in total. The van der Waals surface area contributed by atoms with Crippen LogP contribution in [0.4, 0.5) is 0 Å². The van der Waals surface area contributed by atoms with E-state index in [1.54, 1.807) is 30.0 Å². The zero-order valence-electron chi connectivity index (χ0n) is 18.4. The average molecular weight is 430 g/mol. The molecule has 1 saturated heterocycles. The third kappa shape index (κ3) is 5.97. The number of piperazine rings is 1. The van der Waals surface area contributed by atoms with Crippen LogP contribution in [-0.2, 0) is 22.7 Å². The van der Waals surface area contributed by atoms with Gasteiger partial charge >= 0.3 is 0 Å². The number of benzene rings is 1. The molecule has 0 bridgehead atoms. The Morgan fingerprint density at radius 1 is 1.26 bits per heavy atom. The van der Waals surface area contributed by atoms with Crippen molar-refractivity contribution in [3.05, 3.63) is 42.2 Å². The number of ether oxygens (including phenoxy) is 2. The summed E-state index contributed by atoms with van der Waals surface area (Å²) in [5.41, 5.74) is 0.967. The van der Waals surface area contributed by atoms with E-state index in [-0.39, 0.29) is 18.2 Å². The van der Waals surface area contributed by atoms with Gasteiger partial charge in [-0.15, -0.1) is 0 Å². The summed E-state index contributed by atoms with van der Waals surface area (Å²) >= 11 is 0. The van der Waals surface area contributed by atoms with Gasteiger partial charge in [-0.05, 0) is 30.7 Å².